The first-order valence-electron chi connectivity index (χ1n) is 5.70. The summed E-state index contributed by atoms with van der Waals surface area (Å²) in [5, 5.41) is 3.21. The van der Waals surface area contributed by atoms with Crippen LogP contribution in [0.4, 0.5) is 0 Å². The van der Waals surface area contributed by atoms with E-state index in [0.29, 0.717) is 0 Å². The van der Waals surface area contributed by atoms with Crippen LogP contribution in [-0.4, -0.2) is 37.1 Å². The lowest BCUT2D eigenvalue weighted by Crippen LogP contribution is -2.35. The monoisotopic (exact) mass is 184 g/mol. The zero-order valence-electron chi connectivity index (χ0n) is 9.34. The number of nitrogens with zero attached hydrogens (tertiary/aromatic N) is 1. The average molecular weight is 184 g/mol. The van der Waals surface area contributed by atoms with Crippen LogP contribution in [-0.2, 0) is 0 Å². The standard InChI is InChI=1S/C11H24N2/c1-4-11-7-6-10(2)13(11)9-5-8-12-3/h10-12H,4-9H2,1-3H3. The van der Waals surface area contributed by atoms with Crippen LogP contribution < -0.4 is 5.32 Å². The quantitative estimate of drug-likeness (QED) is 0.656. The second-order valence-corrected chi connectivity index (χ2v) is 4.18. The van der Waals surface area contributed by atoms with Crippen molar-refractivity contribution in [1.82, 2.24) is 10.2 Å². The van der Waals surface area contributed by atoms with Crippen molar-refractivity contribution in [3.63, 3.8) is 0 Å². The molecule has 0 aliphatic carbocycles. The molecule has 2 atom stereocenters. The molecule has 1 aliphatic rings. The molecule has 0 aromatic heterocycles. The third-order valence-corrected chi connectivity index (χ3v) is 3.27. The molecule has 0 aromatic carbocycles. The maximum atomic E-state index is 3.21. The highest BCUT2D eigenvalue weighted by Crippen LogP contribution is 2.25. The Balaban J connectivity index is 2.27. The minimum Gasteiger partial charge on any atom is -0.320 e. The molecule has 0 radical (unpaired) electrons. The van der Waals surface area contributed by atoms with Gasteiger partial charge in [-0.2, -0.15) is 0 Å². The summed E-state index contributed by atoms with van der Waals surface area (Å²) in [5.74, 6) is 0. The molecule has 2 unspecified atom stereocenters. The Morgan fingerprint density at radius 1 is 1.38 bits per heavy atom. The summed E-state index contributed by atoms with van der Waals surface area (Å²) in [5.41, 5.74) is 0. The molecule has 1 rings (SSSR count). The van der Waals surface area contributed by atoms with Crippen LogP contribution in [0.2, 0.25) is 0 Å². The highest BCUT2D eigenvalue weighted by Gasteiger charge is 2.28. The van der Waals surface area contributed by atoms with Crippen molar-refractivity contribution in [2.75, 3.05) is 20.1 Å². The van der Waals surface area contributed by atoms with Crippen molar-refractivity contribution >= 4 is 0 Å². The summed E-state index contributed by atoms with van der Waals surface area (Å²) < 4.78 is 0. The van der Waals surface area contributed by atoms with Gasteiger partial charge in [0, 0.05) is 12.1 Å². The Morgan fingerprint density at radius 2 is 2.15 bits per heavy atom. The zero-order chi connectivity index (χ0) is 9.68. The van der Waals surface area contributed by atoms with Crippen LogP contribution in [0.25, 0.3) is 0 Å². The summed E-state index contributed by atoms with van der Waals surface area (Å²) >= 11 is 0. The van der Waals surface area contributed by atoms with E-state index >= 15 is 0 Å². The van der Waals surface area contributed by atoms with Crippen molar-refractivity contribution in [2.45, 2.75) is 51.6 Å². The van der Waals surface area contributed by atoms with E-state index in [2.05, 4.69) is 24.1 Å². The number of hydrogen-bond donors (Lipinski definition) is 1. The summed E-state index contributed by atoms with van der Waals surface area (Å²) in [6.07, 6.45) is 5.43. The summed E-state index contributed by atoms with van der Waals surface area (Å²) in [6, 6.07) is 1.69. The molecule has 13 heavy (non-hydrogen) atoms. The van der Waals surface area contributed by atoms with E-state index < -0.39 is 0 Å². The lowest BCUT2D eigenvalue weighted by molar-refractivity contribution is 0.196. The molecule has 1 aliphatic heterocycles. The van der Waals surface area contributed by atoms with Crippen LogP contribution >= 0.6 is 0 Å². The van der Waals surface area contributed by atoms with Gasteiger partial charge >= 0.3 is 0 Å². The smallest absolute Gasteiger partial charge is 0.00960 e. The van der Waals surface area contributed by atoms with Crippen molar-refractivity contribution in [1.29, 1.82) is 0 Å². The van der Waals surface area contributed by atoms with E-state index in [1.54, 1.807) is 0 Å². The Bertz CT molecular complexity index is 136. The second kappa shape index (κ2) is 5.61. The van der Waals surface area contributed by atoms with Crippen molar-refractivity contribution in [3.05, 3.63) is 0 Å². The van der Waals surface area contributed by atoms with Crippen molar-refractivity contribution in [2.24, 2.45) is 0 Å². The molecule has 0 amide bonds. The maximum Gasteiger partial charge on any atom is 0.00960 e. The van der Waals surface area contributed by atoms with E-state index in [0.717, 1.165) is 18.6 Å². The van der Waals surface area contributed by atoms with Crippen LogP contribution in [0.1, 0.15) is 39.5 Å². The molecule has 0 spiro atoms. The molecular weight excluding hydrogens is 160 g/mol. The van der Waals surface area contributed by atoms with Gasteiger partial charge in [-0.1, -0.05) is 6.92 Å². The van der Waals surface area contributed by atoms with E-state index in [-0.39, 0.29) is 0 Å². The molecule has 1 fully saturated rings. The molecule has 78 valence electrons. The molecule has 1 saturated heterocycles. The summed E-state index contributed by atoms with van der Waals surface area (Å²) in [7, 11) is 2.03. The van der Waals surface area contributed by atoms with Gasteiger partial charge in [-0.3, -0.25) is 4.90 Å². The fraction of sp³-hybridized carbons (Fsp3) is 1.00. The van der Waals surface area contributed by atoms with Gasteiger partial charge in [0.15, 0.2) is 0 Å². The topological polar surface area (TPSA) is 15.3 Å². The molecule has 1 heterocycles. The summed E-state index contributed by atoms with van der Waals surface area (Å²) in [6.45, 7) is 7.11. The number of hydrogen-bond acceptors (Lipinski definition) is 2. The van der Waals surface area contributed by atoms with E-state index in [1.807, 2.05) is 7.05 Å². The largest absolute Gasteiger partial charge is 0.320 e. The van der Waals surface area contributed by atoms with Gasteiger partial charge in [0.25, 0.3) is 0 Å². The molecule has 0 saturated carbocycles. The first-order chi connectivity index (χ1) is 6.29. The minimum atomic E-state index is 0.821. The molecule has 2 heteroatoms. The van der Waals surface area contributed by atoms with Gasteiger partial charge in [-0.15, -0.1) is 0 Å². The Labute approximate surface area is 82.7 Å². The number of nitrogens with one attached hydrogen (secondary N) is 1. The van der Waals surface area contributed by atoms with Crippen LogP contribution in [0.3, 0.4) is 0 Å². The molecule has 0 aromatic rings. The van der Waals surface area contributed by atoms with E-state index in [1.165, 1.54) is 32.2 Å². The van der Waals surface area contributed by atoms with Gasteiger partial charge < -0.3 is 5.32 Å². The van der Waals surface area contributed by atoms with E-state index in [4.69, 9.17) is 0 Å². The van der Waals surface area contributed by atoms with E-state index in [9.17, 15) is 0 Å². The third-order valence-electron chi connectivity index (χ3n) is 3.27. The molecule has 0 bridgehead atoms. The predicted octanol–water partition coefficient (Wildman–Crippen LogP) is 1.86. The lowest BCUT2D eigenvalue weighted by atomic mass is 10.1. The van der Waals surface area contributed by atoms with Crippen molar-refractivity contribution < 1.29 is 0 Å². The molecule has 2 nitrogen and oxygen atoms in total. The molecule has 1 N–H and O–H groups in total. The SMILES string of the molecule is CCC1CCC(C)N1CCCNC. The highest BCUT2D eigenvalue weighted by atomic mass is 15.2. The highest BCUT2D eigenvalue weighted by molar-refractivity contribution is 4.83. The minimum absolute atomic E-state index is 0.821. The maximum absolute atomic E-state index is 3.21. The van der Waals surface area contributed by atoms with Crippen molar-refractivity contribution in [3.8, 4) is 0 Å². The van der Waals surface area contributed by atoms with Crippen LogP contribution in [0.5, 0.6) is 0 Å². The van der Waals surface area contributed by atoms with Gasteiger partial charge in [0.1, 0.15) is 0 Å². The second-order valence-electron chi connectivity index (χ2n) is 4.18. The van der Waals surface area contributed by atoms with Gasteiger partial charge in [0.2, 0.25) is 0 Å². The fourth-order valence-corrected chi connectivity index (χ4v) is 2.41. The average Bonchev–Trinajstić information content (AvgIpc) is 2.48. The van der Waals surface area contributed by atoms with Gasteiger partial charge in [0.05, 0.1) is 0 Å². The Kier molecular flexibility index (Phi) is 4.74. The first-order valence-corrected chi connectivity index (χ1v) is 5.70. The number of likely N-dealkylation sites (tertiary alicyclic amines) is 1. The molecular formula is C11H24N2. The van der Waals surface area contributed by atoms with Gasteiger partial charge in [-0.05, 0) is 52.7 Å². The lowest BCUT2D eigenvalue weighted by Gasteiger charge is -2.27. The first kappa shape index (κ1) is 11.0. The summed E-state index contributed by atoms with van der Waals surface area (Å²) in [4.78, 5) is 2.69. The van der Waals surface area contributed by atoms with Gasteiger partial charge in [-0.25, -0.2) is 0 Å². The normalized spacial score (nSPS) is 29.8. The predicted molar refractivity (Wildman–Crippen MR) is 58.0 cm³/mol. The van der Waals surface area contributed by atoms with Crippen LogP contribution in [0, 0.1) is 0 Å². The van der Waals surface area contributed by atoms with Crippen LogP contribution in [0.15, 0.2) is 0 Å². The zero-order valence-corrected chi connectivity index (χ0v) is 9.34. The Morgan fingerprint density at radius 3 is 2.77 bits per heavy atom. The number of rotatable bonds is 5. The fourth-order valence-electron chi connectivity index (χ4n) is 2.41. The Hall–Kier alpha value is -0.0800. The third kappa shape index (κ3) is 2.96.